The third-order valence-corrected chi connectivity index (χ3v) is 5.79. The Morgan fingerprint density at radius 2 is 2.14 bits per heavy atom. The fourth-order valence-electron chi connectivity index (χ4n) is 3.66. The second kappa shape index (κ2) is 7.17. The van der Waals surface area contributed by atoms with Crippen LogP contribution in [0.2, 0.25) is 0 Å². The Hall–Kier alpha value is -0.510. The smallest absolute Gasteiger partial charge is 0.0195 e. The third-order valence-electron chi connectivity index (χ3n) is 4.54. The van der Waals surface area contributed by atoms with Gasteiger partial charge in [0.2, 0.25) is 0 Å². The van der Waals surface area contributed by atoms with Crippen LogP contribution >= 0.6 is 11.8 Å². The lowest BCUT2D eigenvalue weighted by Gasteiger charge is -2.29. The predicted octanol–water partition coefficient (Wildman–Crippen LogP) is 3.59. The van der Waals surface area contributed by atoms with Crippen LogP contribution in [-0.4, -0.2) is 42.9 Å². The van der Waals surface area contributed by atoms with Gasteiger partial charge in [-0.1, -0.05) is 32.0 Å². The standard InChI is InChI=1S/C18H28N2S/c1-14(2)10-20(12-16-6-5-9-19-16)11-15-13-21-18-8-4-3-7-17(15)18/h3-4,7-8,14-16,19H,5-6,9-13H2,1-2H3. The van der Waals surface area contributed by atoms with Gasteiger partial charge >= 0.3 is 0 Å². The fraction of sp³-hybridized carbons (Fsp3) is 0.667. The summed E-state index contributed by atoms with van der Waals surface area (Å²) in [5, 5.41) is 3.66. The molecule has 0 saturated carbocycles. The number of hydrogen-bond acceptors (Lipinski definition) is 3. The van der Waals surface area contributed by atoms with Crippen molar-refractivity contribution in [1.29, 1.82) is 0 Å². The van der Waals surface area contributed by atoms with Crippen LogP contribution in [0, 0.1) is 5.92 Å². The summed E-state index contributed by atoms with van der Waals surface area (Å²) in [6.07, 6.45) is 2.70. The minimum Gasteiger partial charge on any atom is -0.313 e. The van der Waals surface area contributed by atoms with Crippen molar-refractivity contribution in [2.24, 2.45) is 5.92 Å². The van der Waals surface area contributed by atoms with Crippen molar-refractivity contribution in [3.05, 3.63) is 29.8 Å². The maximum atomic E-state index is 3.66. The van der Waals surface area contributed by atoms with Gasteiger partial charge in [0.05, 0.1) is 0 Å². The van der Waals surface area contributed by atoms with E-state index in [1.165, 1.54) is 49.7 Å². The highest BCUT2D eigenvalue weighted by Gasteiger charge is 2.26. The first-order valence-corrected chi connectivity index (χ1v) is 9.38. The molecule has 1 saturated heterocycles. The van der Waals surface area contributed by atoms with Gasteiger partial charge < -0.3 is 10.2 Å². The molecule has 2 aliphatic heterocycles. The predicted molar refractivity (Wildman–Crippen MR) is 92.2 cm³/mol. The molecule has 2 aliphatic rings. The van der Waals surface area contributed by atoms with Crippen molar-refractivity contribution in [3.8, 4) is 0 Å². The lowest BCUT2D eigenvalue weighted by molar-refractivity contribution is 0.215. The van der Waals surface area contributed by atoms with E-state index in [1.54, 1.807) is 5.56 Å². The highest BCUT2D eigenvalue weighted by molar-refractivity contribution is 7.99. The minimum absolute atomic E-state index is 0.714. The van der Waals surface area contributed by atoms with Gasteiger partial charge in [0, 0.05) is 42.2 Å². The molecule has 1 aromatic carbocycles. The van der Waals surface area contributed by atoms with E-state index in [0.717, 1.165) is 5.92 Å². The van der Waals surface area contributed by atoms with E-state index in [4.69, 9.17) is 0 Å². The van der Waals surface area contributed by atoms with E-state index >= 15 is 0 Å². The summed E-state index contributed by atoms with van der Waals surface area (Å²) in [4.78, 5) is 4.21. The van der Waals surface area contributed by atoms with Gasteiger partial charge in [-0.3, -0.25) is 0 Å². The van der Waals surface area contributed by atoms with E-state index in [0.29, 0.717) is 12.0 Å². The molecule has 1 aromatic rings. The van der Waals surface area contributed by atoms with Gasteiger partial charge in [0.25, 0.3) is 0 Å². The zero-order valence-electron chi connectivity index (χ0n) is 13.3. The van der Waals surface area contributed by atoms with Crippen molar-refractivity contribution < 1.29 is 0 Å². The Morgan fingerprint density at radius 1 is 1.29 bits per heavy atom. The molecular weight excluding hydrogens is 276 g/mol. The molecule has 0 spiro atoms. The molecule has 2 heterocycles. The number of thioether (sulfide) groups is 1. The van der Waals surface area contributed by atoms with E-state index < -0.39 is 0 Å². The van der Waals surface area contributed by atoms with E-state index in [-0.39, 0.29) is 0 Å². The van der Waals surface area contributed by atoms with Crippen LogP contribution in [-0.2, 0) is 0 Å². The molecular formula is C18H28N2S. The molecule has 2 nitrogen and oxygen atoms in total. The molecule has 3 heteroatoms. The lowest BCUT2D eigenvalue weighted by Crippen LogP contribution is -2.41. The Kier molecular flexibility index (Phi) is 5.25. The molecule has 0 bridgehead atoms. The topological polar surface area (TPSA) is 15.3 Å². The second-order valence-corrected chi connectivity index (χ2v) is 8.01. The largest absolute Gasteiger partial charge is 0.313 e. The summed E-state index contributed by atoms with van der Waals surface area (Å²) >= 11 is 2.04. The molecule has 3 rings (SSSR count). The highest BCUT2D eigenvalue weighted by atomic mass is 32.2. The van der Waals surface area contributed by atoms with Crippen molar-refractivity contribution in [3.63, 3.8) is 0 Å². The second-order valence-electron chi connectivity index (χ2n) is 6.95. The normalized spacial score (nSPS) is 25.0. The summed E-state index contributed by atoms with van der Waals surface area (Å²) in [6.45, 7) is 9.56. The van der Waals surface area contributed by atoms with Crippen LogP contribution in [0.15, 0.2) is 29.2 Å². The molecule has 0 amide bonds. The molecule has 0 aliphatic carbocycles. The zero-order chi connectivity index (χ0) is 14.7. The number of rotatable bonds is 6. The zero-order valence-corrected chi connectivity index (χ0v) is 14.2. The lowest BCUT2D eigenvalue weighted by atomic mass is 10.00. The molecule has 0 radical (unpaired) electrons. The minimum atomic E-state index is 0.714. The Bertz CT molecular complexity index is 454. The van der Waals surface area contributed by atoms with Crippen LogP contribution in [0.1, 0.15) is 38.2 Å². The Labute approximate surface area is 133 Å². The van der Waals surface area contributed by atoms with Crippen LogP contribution < -0.4 is 5.32 Å². The van der Waals surface area contributed by atoms with Gasteiger partial charge in [-0.05, 0) is 36.9 Å². The van der Waals surface area contributed by atoms with Crippen molar-refractivity contribution in [2.75, 3.05) is 31.9 Å². The average Bonchev–Trinajstić information content (AvgIpc) is 3.09. The highest BCUT2D eigenvalue weighted by Crippen LogP contribution is 2.39. The quantitative estimate of drug-likeness (QED) is 0.865. The van der Waals surface area contributed by atoms with Crippen LogP contribution in [0.3, 0.4) is 0 Å². The van der Waals surface area contributed by atoms with E-state index in [1.807, 2.05) is 11.8 Å². The van der Waals surface area contributed by atoms with Gasteiger partial charge in [-0.2, -0.15) is 0 Å². The third kappa shape index (κ3) is 4.02. The molecule has 116 valence electrons. The Morgan fingerprint density at radius 3 is 2.90 bits per heavy atom. The number of nitrogens with one attached hydrogen (secondary N) is 1. The van der Waals surface area contributed by atoms with Gasteiger partial charge in [-0.15, -0.1) is 11.8 Å². The van der Waals surface area contributed by atoms with E-state index in [2.05, 4.69) is 48.3 Å². The fourth-order valence-corrected chi connectivity index (χ4v) is 4.90. The number of nitrogens with zero attached hydrogens (tertiary/aromatic N) is 1. The molecule has 21 heavy (non-hydrogen) atoms. The molecule has 0 aromatic heterocycles. The number of hydrogen-bond donors (Lipinski definition) is 1. The molecule has 1 fully saturated rings. The maximum absolute atomic E-state index is 3.66. The molecule has 2 unspecified atom stereocenters. The van der Waals surface area contributed by atoms with Crippen LogP contribution in [0.5, 0.6) is 0 Å². The summed E-state index contributed by atoms with van der Waals surface area (Å²) in [7, 11) is 0. The van der Waals surface area contributed by atoms with Crippen LogP contribution in [0.4, 0.5) is 0 Å². The van der Waals surface area contributed by atoms with Crippen molar-refractivity contribution in [1.82, 2.24) is 10.2 Å². The van der Waals surface area contributed by atoms with Crippen molar-refractivity contribution in [2.45, 2.75) is 43.5 Å². The first-order valence-electron chi connectivity index (χ1n) is 8.40. The van der Waals surface area contributed by atoms with Gasteiger partial charge in [0.1, 0.15) is 0 Å². The Balaban J connectivity index is 1.63. The molecule has 2 atom stereocenters. The van der Waals surface area contributed by atoms with Crippen LogP contribution in [0.25, 0.3) is 0 Å². The number of benzene rings is 1. The summed E-state index contributed by atoms with van der Waals surface area (Å²) in [6, 6.07) is 9.70. The monoisotopic (exact) mass is 304 g/mol. The SMILES string of the molecule is CC(C)CN(CC1CCCN1)CC1CSc2ccccc21. The molecule has 1 N–H and O–H groups in total. The first-order chi connectivity index (χ1) is 10.2. The average molecular weight is 305 g/mol. The summed E-state index contributed by atoms with van der Waals surface area (Å²) < 4.78 is 0. The number of fused-ring (bicyclic) bond motifs is 1. The van der Waals surface area contributed by atoms with Crippen molar-refractivity contribution >= 4 is 11.8 Å². The van der Waals surface area contributed by atoms with Gasteiger partial charge in [0.15, 0.2) is 0 Å². The van der Waals surface area contributed by atoms with E-state index in [9.17, 15) is 0 Å². The summed E-state index contributed by atoms with van der Waals surface area (Å²) in [5.41, 5.74) is 1.58. The van der Waals surface area contributed by atoms with Gasteiger partial charge in [-0.25, -0.2) is 0 Å². The maximum Gasteiger partial charge on any atom is 0.0195 e. The first kappa shape index (κ1) is 15.4. The summed E-state index contributed by atoms with van der Waals surface area (Å²) in [5.74, 6) is 2.72.